The summed E-state index contributed by atoms with van der Waals surface area (Å²) in [5.74, 6) is 0.979. The molecular formula is C12H16N4O3. The quantitative estimate of drug-likeness (QED) is 0.795. The molecule has 2 bridgehead atoms. The van der Waals surface area contributed by atoms with Crippen LogP contribution in [0.5, 0.6) is 0 Å². The Morgan fingerprint density at radius 3 is 2.84 bits per heavy atom. The summed E-state index contributed by atoms with van der Waals surface area (Å²) in [5, 5.41) is 19.1. The van der Waals surface area contributed by atoms with E-state index in [-0.39, 0.29) is 30.0 Å². The van der Waals surface area contributed by atoms with Crippen molar-refractivity contribution in [3.05, 3.63) is 11.8 Å². The lowest BCUT2D eigenvalue weighted by atomic mass is 9.81. The zero-order valence-electron chi connectivity index (χ0n) is 10.7. The van der Waals surface area contributed by atoms with Gasteiger partial charge in [0.1, 0.15) is 12.6 Å². The van der Waals surface area contributed by atoms with Crippen molar-refractivity contribution < 1.29 is 14.4 Å². The van der Waals surface area contributed by atoms with Gasteiger partial charge in [-0.15, -0.1) is 10.2 Å². The third kappa shape index (κ3) is 1.54. The van der Waals surface area contributed by atoms with Crippen LogP contribution in [0.2, 0.25) is 0 Å². The Bertz CT molecular complexity index is 539. The van der Waals surface area contributed by atoms with Gasteiger partial charge in [0.05, 0.1) is 6.04 Å². The summed E-state index contributed by atoms with van der Waals surface area (Å²) < 4.78 is 5.52. The molecule has 1 spiro atoms. The number of hydrogen-bond donors (Lipinski definition) is 1. The highest BCUT2D eigenvalue weighted by Crippen LogP contribution is 2.60. The van der Waals surface area contributed by atoms with Crippen LogP contribution >= 0.6 is 0 Å². The highest BCUT2D eigenvalue weighted by atomic mass is 16.5. The second-order valence-electron chi connectivity index (χ2n) is 5.90. The van der Waals surface area contributed by atoms with Gasteiger partial charge in [0.25, 0.3) is 0 Å². The van der Waals surface area contributed by atoms with E-state index in [1.54, 1.807) is 11.8 Å². The largest absolute Gasteiger partial charge is 0.423 e. The fourth-order valence-electron chi connectivity index (χ4n) is 3.53. The number of amides is 1. The summed E-state index contributed by atoms with van der Waals surface area (Å²) >= 11 is 0. The molecule has 2 atom stereocenters. The predicted octanol–water partition coefficient (Wildman–Crippen LogP) is 0.505. The van der Waals surface area contributed by atoms with Gasteiger partial charge in [0.2, 0.25) is 17.7 Å². The Balaban J connectivity index is 1.71. The highest BCUT2D eigenvalue weighted by Gasteiger charge is 2.60. The Kier molecular flexibility index (Phi) is 2.12. The molecule has 7 nitrogen and oxygen atoms in total. The molecule has 3 aliphatic rings. The van der Waals surface area contributed by atoms with E-state index >= 15 is 0 Å². The second kappa shape index (κ2) is 3.55. The molecule has 3 fully saturated rings. The van der Waals surface area contributed by atoms with Crippen LogP contribution in [-0.4, -0.2) is 50.4 Å². The van der Waals surface area contributed by atoms with Gasteiger partial charge in [0.15, 0.2) is 0 Å². The van der Waals surface area contributed by atoms with Gasteiger partial charge < -0.3 is 14.5 Å². The Morgan fingerprint density at radius 1 is 1.42 bits per heavy atom. The maximum Gasteiger partial charge on any atom is 0.239 e. The van der Waals surface area contributed by atoms with Gasteiger partial charge >= 0.3 is 0 Å². The molecule has 4 rings (SSSR count). The number of fused-ring (bicyclic) bond motifs is 3. The van der Waals surface area contributed by atoms with Crippen LogP contribution in [0.1, 0.15) is 37.1 Å². The molecule has 2 saturated heterocycles. The third-order valence-electron chi connectivity index (χ3n) is 4.75. The molecule has 1 amide bonds. The van der Waals surface area contributed by atoms with Crippen LogP contribution in [0.4, 0.5) is 0 Å². The van der Waals surface area contributed by atoms with Crippen molar-refractivity contribution in [2.45, 2.75) is 38.3 Å². The minimum Gasteiger partial charge on any atom is -0.423 e. The molecule has 1 aromatic heterocycles. The van der Waals surface area contributed by atoms with E-state index in [2.05, 4.69) is 10.2 Å². The average Bonchev–Trinajstić information content (AvgIpc) is 3.00. The zero-order valence-corrected chi connectivity index (χ0v) is 10.7. The molecule has 0 radical (unpaired) electrons. The van der Waals surface area contributed by atoms with Crippen LogP contribution in [-0.2, 0) is 4.79 Å². The van der Waals surface area contributed by atoms with Gasteiger partial charge in [-0.25, -0.2) is 0 Å². The first-order valence-corrected chi connectivity index (χ1v) is 6.64. The molecule has 1 saturated carbocycles. The van der Waals surface area contributed by atoms with E-state index in [0.717, 1.165) is 19.3 Å². The van der Waals surface area contributed by atoms with E-state index in [1.165, 1.54) is 5.06 Å². The van der Waals surface area contributed by atoms with Gasteiger partial charge in [-0.05, 0) is 24.7 Å². The lowest BCUT2D eigenvalue weighted by molar-refractivity contribution is -0.204. The number of rotatable bonds is 1. The van der Waals surface area contributed by atoms with E-state index in [9.17, 15) is 10.0 Å². The van der Waals surface area contributed by atoms with Gasteiger partial charge in [-0.1, -0.05) is 0 Å². The fraction of sp³-hybridized carbons (Fsp3) is 0.750. The van der Waals surface area contributed by atoms with E-state index in [4.69, 9.17) is 4.42 Å². The van der Waals surface area contributed by atoms with E-state index in [0.29, 0.717) is 18.3 Å². The minimum absolute atomic E-state index is 0.0606. The van der Waals surface area contributed by atoms with E-state index in [1.807, 2.05) is 0 Å². The molecule has 3 heterocycles. The summed E-state index contributed by atoms with van der Waals surface area (Å²) in [4.78, 5) is 13.9. The standard InChI is InChI=1S/C12H16N4O3/c1-7-13-14-11(19-7)8-4-12(2-3-12)9-5-15(8)10(17)6-16(9)18/h8-9,18H,2-6H2,1H3/t8-,9+/m0/s1. The van der Waals surface area contributed by atoms with Crippen LogP contribution in [0, 0.1) is 12.3 Å². The molecule has 19 heavy (non-hydrogen) atoms. The lowest BCUT2D eigenvalue weighted by Crippen LogP contribution is -2.62. The Hall–Kier alpha value is -1.47. The maximum atomic E-state index is 12.1. The van der Waals surface area contributed by atoms with Crippen molar-refractivity contribution in [1.82, 2.24) is 20.2 Å². The first-order chi connectivity index (χ1) is 9.09. The fourth-order valence-corrected chi connectivity index (χ4v) is 3.53. The van der Waals surface area contributed by atoms with Crippen LogP contribution < -0.4 is 0 Å². The Labute approximate surface area is 110 Å². The Morgan fingerprint density at radius 2 is 2.21 bits per heavy atom. The monoisotopic (exact) mass is 264 g/mol. The van der Waals surface area contributed by atoms with Crippen molar-refractivity contribution in [3.63, 3.8) is 0 Å². The van der Waals surface area contributed by atoms with Crippen LogP contribution in [0.3, 0.4) is 0 Å². The smallest absolute Gasteiger partial charge is 0.239 e. The number of aryl methyl sites for hydroxylation is 1. The number of hydroxylamine groups is 2. The van der Waals surface area contributed by atoms with Crippen LogP contribution in [0.25, 0.3) is 0 Å². The first-order valence-electron chi connectivity index (χ1n) is 6.64. The number of piperazine rings is 1. The first kappa shape index (κ1) is 11.4. The normalized spacial score (nSPS) is 32.9. The topological polar surface area (TPSA) is 82.7 Å². The molecule has 1 aliphatic carbocycles. The number of carbonyl (C=O) groups excluding carboxylic acids is 1. The summed E-state index contributed by atoms with van der Waals surface area (Å²) in [6.45, 7) is 2.37. The van der Waals surface area contributed by atoms with Crippen molar-refractivity contribution in [3.8, 4) is 0 Å². The highest BCUT2D eigenvalue weighted by molar-refractivity contribution is 5.79. The number of piperidine rings is 1. The third-order valence-corrected chi connectivity index (χ3v) is 4.75. The summed E-state index contributed by atoms with van der Waals surface area (Å²) in [7, 11) is 0. The summed E-state index contributed by atoms with van der Waals surface area (Å²) in [6.07, 6.45) is 3.00. The van der Waals surface area contributed by atoms with Crippen molar-refractivity contribution >= 4 is 5.91 Å². The molecule has 2 aliphatic heterocycles. The van der Waals surface area contributed by atoms with E-state index < -0.39 is 0 Å². The molecule has 1 N–H and O–H groups in total. The number of aromatic nitrogens is 2. The molecule has 7 heteroatoms. The van der Waals surface area contributed by atoms with Crippen molar-refractivity contribution in [2.75, 3.05) is 13.1 Å². The minimum atomic E-state index is -0.124. The van der Waals surface area contributed by atoms with Gasteiger partial charge in [-0.3, -0.25) is 4.79 Å². The zero-order chi connectivity index (χ0) is 13.2. The maximum absolute atomic E-state index is 12.1. The molecule has 0 unspecified atom stereocenters. The van der Waals surface area contributed by atoms with Gasteiger partial charge in [0, 0.05) is 13.5 Å². The number of carbonyl (C=O) groups is 1. The van der Waals surface area contributed by atoms with Crippen molar-refractivity contribution in [2.24, 2.45) is 5.41 Å². The summed E-state index contributed by atoms with van der Waals surface area (Å²) in [5.41, 5.74) is 0.124. The number of hydrogen-bond acceptors (Lipinski definition) is 6. The molecule has 0 aromatic carbocycles. The number of nitrogens with zero attached hydrogens (tertiary/aromatic N) is 4. The predicted molar refractivity (Wildman–Crippen MR) is 62.1 cm³/mol. The second-order valence-corrected chi connectivity index (χ2v) is 5.90. The van der Waals surface area contributed by atoms with Crippen molar-refractivity contribution in [1.29, 1.82) is 0 Å². The summed E-state index contributed by atoms with van der Waals surface area (Å²) in [6, 6.07) is -0.0633. The van der Waals surface area contributed by atoms with Crippen LogP contribution in [0.15, 0.2) is 4.42 Å². The SMILES string of the molecule is Cc1nnc([C@@H]2CC3(CC3)[C@H]3CN2C(=O)CN3O)o1. The lowest BCUT2D eigenvalue weighted by Gasteiger charge is -2.49. The molecular weight excluding hydrogens is 248 g/mol. The molecule has 1 aromatic rings. The van der Waals surface area contributed by atoms with Gasteiger partial charge in [-0.2, -0.15) is 5.06 Å². The molecule has 102 valence electrons. The average molecular weight is 264 g/mol.